The van der Waals surface area contributed by atoms with Crippen molar-refractivity contribution in [1.82, 2.24) is 9.97 Å². The molecule has 0 aliphatic heterocycles. The fraction of sp³-hybridized carbons (Fsp3) is 0.0833. The number of carbonyl (C=O) groups is 1. The molecule has 0 unspecified atom stereocenters. The van der Waals surface area contributed by atoms with Crippen LogP contribution in [0.3, 0.4) is 0 Å². The molecule has 18 heavy (non-hydrogen) atoms. The van der Waals surface area contributed by atoms with Gasteiger partial charge in [0.2, 0.25) is 0 Å². The molecule has 0 aliphatic carbocycles. The van der Waals surface area contributed by atoms with Crippen LogP contribution in [0.2, 0.25) is 0 Å². The fourth-order valence-corrected chi connectivity index (χ4v) is 2.57. The second-order valence-electron chi connectivity index (χ2n) is 3.43. The van der Waals surface area contributed by atoms with Gasteiger partial charge in [-0.2, -0.15) is 0 Å². The molecule has 0 fully saturated rings. The van der Waals surface area contributed by atoms with Gasteiger partial charge >= 0.3 is 5.97 Å². The van der Waals surface area contributed by atoms with Gasteiger partial charge in [0, 0.05) is 33.7 Å². The number of rotatable bonds is 4. The Bertz CT molecular complexity index is 563. The van der Waals surface area contributed by atoms with Crippen molar-refractivity contribution in [1.29, 1.82) is 0 Å². The highest BCUT2D eigenvalue weighted by atomic mass is 79.9. The van der Waals surface area contributed by atoms with E-state index in [4.69, 9.17) is 5.11 Å². The van der Waals surface area contributed by atoms with Gasteiger partial charge in [0.25, 0.3) is 0 Å². The highest BCUT2D eigenvalue weighted by Gasteiger charge is 2.09. The van der Waals surface area contributed by atoms with Crippen LogP contribution >= 0.6 is 27.7 Å². The van der Waals surface area contributed by atoms with E-state index >= 15 is 0 Å². The predicted molar refractivity (Wildman–Crippen MR) is 72.7 cm³/mol. The third-order valence-corrected chi connectivity index (χ3v) is 3.89. The second-order valence-corrected chi connectivity index (χ2v) is 5.34. The summed E-state index contributed by atoms with van der Waals surface area (Å²) >= 11 is 4.74. The van der Waals surface area contributed by atoms with E-state index in [0.717, 1.165) is 10.6 Å². The lowest BCUT2D eigenvalue weighted by molar-refractivity contribution is 0.0695. The molecule has 0 saturated carbocycles. The van der Waals surface area contributed by atoms with E-state index in [-0.39, 0.29) is 5.56 Å². The van der Waals surface area contributed by atoms with Crippen LogP contribution in [0.15, 0.2) is 46.2 Å². The molecule has 6 heteroatoms. The summed E-state index contributed by atoms with van der Waals surface area (Å²) in [5.74, 6) is -0.280. The monoisotopic (exact) mass is 324 g/mol. The van der Waals surface area contributed by atoms with Crippen molar-refractivity contribution in [2.24, 2.45) is 0 Å². The summed E-state index contributed by atoms with van der Waals surface area (Å²) in [6.45, 7) is 0. The minimum Gasteiger partial charge on any atom is -0.478 e. The summed E-state index contributed by atoms with van der Waals surface area (Å²) in [4.78, 5) is 20.0. The Balaban J connectivity index is 2.11. The van der Waals surface area contributed by atoms with Gasteiger partial charge in [0.05, 0.1) is 11.3 Å². The zero-order chi connectivity index (χ0) is 13.0. The average Bonchev–Trinajstić information content (AvgIpc) is 2.38. The zero-order valence-corrected chi connectivity index (χ0v) is 11.6. The number of hydrogen-bond acceptors (Lipinski definition) is 4. The van der Waals surface area contributed by atoms with Crippen molar-refractivity contribution in [3.63, 3.8) is 0 Å². The molecule has 0 atom stereocenters. The maximum atomic E-state index is 11.0. The SMILES string of the molecule is O=C(O)c1cc(SCc2cnccn2)ccc1Br. The number of hydrogen-bond donors (Lipinski definition) is 1. The van der Waals surface area contributed by atoms with Crippen molar-refractivity contribution < 1.29 is 9.90 Å². The Kier molecular flexibility index (Phi) is 4.33. The zero-order valence-electron chi connectivity index (χ0n) is 9.21. The van der Waals surface area contributed by atoms with E-state index in [9.17, 15) is 4.79 Å². The number of aromatic nitrogens is 2. The third kappa shape index (κ3) is 3.30. The Morgan fingerprint density at radius 1 is 1.39 bits per heavy atom. The summed E-state index contributed by atoms with van der Waals surface area (Å²) in [6, 6.07) is 5.26. The highest BCUT2D eigenvalue weighted by Crippen LogP contribution is 2.26. The smallest absolute Gasteiger partial charge is 0.336 e. The van der Waals surface area contributed by atoms with E-state index in [1.165, 1.54) is 11.8 Å². The van der Waals surface area contributed by atoms with Crippen LogP contribution in [-0.4, -0.2) is 21.0 Å². The molecule has 2 rings (SSSR count). The number of benzene rings is 1. The van der Waals surface area contributed by atoms with Crippen molar-refractivity contribution in [3.05, 3.63) is 52.5 Å². The second kappa shape index (κ2) is 5.97. The third-order valence-electron chi connectivity index (χ3n) is 2.17. The molecule has 1 N–H and O–H groups in total. The predicted octanol–water partition coefficient (Wildman–Crippen LogP) is 3.23. The highest BCUT2D eigenvalue weighted by molar-refractivity contribution is 9.10. The van der Waals surface area contributed by atoms with Crippen LogP contribution < -0.4 is 0 Å². The minimum atomic E-state index is -0.941. The van der Waals surface area contributed by atoms with Gasteiger partial charge in [-0.05, 0) is 34.1 Å². The fourth-order valence-electron chi connectivity index (χ4n) is 1.32. The van der Waals surface area contributed by atoms with Crippen molar-refractivity contribution in [2.45, 2.75) is 10.6 Å². The van der Waals surface area contributed by atoms with Crippen molar-refractivity contribution in [2.75, 3.05) is 0 Å². The van der Waals surface area contributed by atoms with Crippen molar-refractivity contribution in [3.8, 4) is 0 Å². The Morgan fingerprint density at radius 2 is 2.22 bits per heavy atom. The number of nitrogens with zero attached hydrogens (tertiary/aromatic N) is 2. The first-order valence-corrected chi connectivity index (χ1v) is 6.85. The van der Waals surface area contributed by atoms with E-state index in [0.29, 0.717) is 10.2 Å². The molecule has 1 aromatic heterocycles. The Morgan fingerprint density at radius 3 is 2.89 bits per heavy atom. The number of aromatic carboxylic acids is 1. The first-order valence-electron chi connectivity index (χ1n) is 5.07. The molecule has 0 amide bonds. The quantitative estimate of drug-likeness (QED) is 0.875. The molecule has 2 aromatic rings. The maximum Gasteiger partial charge on any atom is 0.336 e. The van der Waals surface area contributed by atoms with Crippen LogP contribution in [0.1, 0.15) is 16.1 Å². The summed E-state index contributed by atoms with van der Waals surface area (Å²) in [6.07, 6.45) is 4.96. The standard InChI is InChI=1S/C12H9BrN2O2S/c13-11-2-1-9(5-10(11)12(16)17)18-7-8-6-14-3-4-15-8/h1-6H,7H2,(H,16,17). The van der Waals surface area contributed by atoms with Gasteiger partial charge in [0.1, 0.15) is 0 Å². The van der Waals surface area contributed by atoms with Crippen LogP contribution in [-0.2, 0) is 5.75 Å². The molecule has 4 nitrogen and oxygen atoms in total. The molecule has 0 spiro atoms. The number of thioether (sulfide) groups is 1. The van der Waals surface area contributed by atoms with Gasteiger partial charge in [-0.25, -0.2) is 4.79 Å². The Labute approximate surface area is 117 Å². The summed E-state index contributed by atoms with van der Waals surface area (Å²) in [7, 11) is 0. The van der Waals surface area contributed by atoms with Crippen LogP contribution in [0.5, 0.6) is 0 Å². The lowest BCUT2D eigenvalue weighted by atomic mass is 10.2. The molecule has 92 valence electrons. The number of halogens is 1. The molecule has 0 radical (unpaired) electrons. The summed E-state index contributed by atoms with van der Waals surface area (Å²) in [5.41, 5.74) is 1.13. The Hall–Kier alpha value is -1.40. The summed E-state index contributed by atoms with van der Waals surface area (Å²) < 4.78 is 0.582. The molecule has 0 saturated heterocycles. The first kappa shape index (κ1) is 13.0. The molecule has 0 bridgehead atoms. The van der Waals surface area contributed by atoms with E-state index in [1.807, 2.05) is 6.07 Å². The molecule has 1 aromatic carbocycles. The largest absolute Gasteiger partial charge is 0.478 e. The van der Waals surface area contributed by atoms with E-state index in [2.05, 4.69) is 25.9 Å². The van der Waals surface area contributed by atoms with Gasteiger partial charge in [0.15, 0.2) is 0 Å². The van der Waals surface area contributed by atoms with Crippen molar-refractivity contribution >= 4 is 33.7 Å². The molecule has 0 aliphatic rings. The molecular weight excluding hydrogens is 316 g/mol. The van der Waals surface area contributed by atoms with Crippen LogP contribution in [0.25, 0.3) is 0 Å². The summed E-state index contributed by atoms with van der Waals surface area (Å²) in [5, 5.41) is 9.01. The molecule has 1 heterocycles. The van der Waals surface area contributed by atoms with Gasteiger partial charge in [-0.15, -0.1) is 11.8 Å². The lowest BCUT2D eigenvalue weighted by Gasteiger charge is -2.04. The average molecular weight is 325 g/mol. The van der Waals surface area contributed by atoms with Gasteiger partial charge in [-0.1, -0.05) is 0 Å². The number of carboxylic acid groups (broad SMARTS) is 1. The van der Waals surface area contributed by atoms with E-state index in [1.54, 1.807) is 30.7 Å². The number of carboxylic acids is 1. The topological polar surface area (TPSA) is 63.1 Å². The van der Waals surface area contributed by atoms with Crippen LogP contribution in [0.4, 0.5) is 0 Å². The normalized spacial score (nSPS) is 10.3. The van der Waals surface area contributed by atoms with Gasteiger partial charge < -0.3 is 5.11 Å². The lowest BCUT2D eigenvalue weighted by Crippen LogP contribution is -1.97. The minimum absolute atomic E-state index is 0.263. The van der Waals surface area contributed by atoms with Gasteiger partial charge in [-0.3, -0.25) is 9.97 Å². The van der Waals surface area contributed by atoms with Crippen LogP contribution in [0, 0.1) is 0 Å². The van der Waals surface area contributed by atoms with E-state index < -0.39 is 5.97 Å². The molecular formula is C12H9BrN2O2S. The first-order chi connectivity index (χ1) is 8.66. The maximum absolute atomic E-state index is 11.0.